The number of carbonyl (C=O) groups excluding carboxylic acids is 1. The van der Waals surface area contributed by atoms with Crippen LogP contribution in [0, 0.1) is 11.7 Å². The molecule has 0 spiro atoms. The maximum atomic E-state index is 13.9. The van der Waals surface area contributed by atoms with Crippen molar-refractivity contribution in [2.24, 2.45) is 5.92 Å². The monoisotopic (exact) mass is 468 g/mol. The van der Waals surface area contributed by atoms with E-state index in [1.165, 1.54) is 17.7 Å². The molecule has 1 aromatic heterocycles. The van der Waals surface area contributed by atoms with Gasteiger partial charge in [0.05, 0.1) is 5.69 Å². The summed E-state index contributed by atoms with van der Waals surface area (Å²) in [7, 11) is 0. The number of anilines is 2. The second-order valence-electron chi connectivity index (χ2n) is 7.48. The van der Waals surface area contributed by atoms with E-state index in [9.17, 15) is 9.18 Å². The van der Waals surface area contributed by atoms with Gasteiger partial charge in [0, 0.05) is 17.6 Å². The minimum atomic E-state index is -0.513. The maximum Gasteiger partial charge on any atom is 0.276 e. The number of rotatable bonds is 5. The number of nitrogens with one attached hydrogen (secondary N) is 1. The van der Waals surface area contributed by atoms with Crippen molar-refractivity contribution in [2.75, 3.05) is 23.3 Å². The Morgan fingerprint density at radius 2 is 1.83 bits per heavy atom. The molecule has 7 heteroatoms. The van der Waals surface area contributed by atoms with Gasteiger partial charge in [-0.25, -0.2) is 4.39 Å². The van der Waals surface area contributed by atoms with Gasteiger partial charge in [0.25, 0.3) is 5.91 Å². The first-order valence-electron chi connectivity index (χ1n) is 9.97. The van der Waals surface area contributed by atoms with Crippen LogP contribution < -0.4 is 10.2 Å². The summed E-state index contributed by atoms with van der Waals surface area (Å²) in [6.45, 7) is 1.84. The summed E-state index contributed by atoms with van der Waals surface area (Å²) >= 11 is 3.19. The molecule has 2 aromatic carbocycles. The Labute approximate surface area is 183 Å². The third-order valence-electron chi connectivity index (χ3n) is 5.37. The summed E-state index contributed by atoms with van der Waals surface area (Å²) in [6.07, 6.45) is 3.30. The Kier molecular flexibility index (Phi) is 6.38. The van der Waals surface area contributed by atoms with Crippen LogP contribution in [0.5, 0.6) is 0 Å². The molecule has 154 valence electrons. The van der Waals surface area contributed by atoms with E-state index in [0.29, 0.717) is 10.4 Å². The van der Waals surface area contributed by atoms with Gasteiger partial charge in [0.15, 0.2) is 11.5 Å². The molecule has 1 N–H and O–H groups in total. The van der Waals surface area contributed by atoms with Crippen molar-refractivity contribution >= 4 is 33.3 Å². The van der Waals surface area contributed by atoms with Gasteiger partial charge in [-0.15, -0.1) is 10.2 Å². The molecule has 1 aliphatic rings. The number of benzene rings is 2. The molecule has 0 unspecified atom stereocenters. The van der Waals surface area contributed by atoms with E-state index in [2.05, 4.69) is 60.6 Å². The van der Waals surface area contributed by atoms with Gasteiger partial charge in [-0.05, 0) is 61.1 Å². The first kappa shape index (κ1) is 20.5. The fourth-order valence-electron chi connectivity index (χ4n) is 3.71. The molecule has 0 atom stereocenters. The molecule has 0 aliphatic carbocycles. The van der Waals surface area contributed by atoms with Crippen LogP contribution in [0.3, 0.4) is 0 Å². The Balaban J connectivity index is 1.33. The molecule has 0 bridgehead atoms. The Hall–Kier alpha value is -2.80. The zero-order valence-electron chi connectivity index (χ0n) is 16.4. The summed E-state index contributed by atoms with van der Waals surface area (Å²) in [4.78, 5) is 14.5. The molecule has 5 nitrogen and oxygen atoms in total. The van der Waals surface area contributed by atoms with Crippen LogP contribution in [0.25, 0.3) is 0 Å². The average Bonchev–Trinajstić information content (AvgIpc) is 2.77. The van der Waals surface area contributed by atoms with E-state index < -0.39 is 11.7 Å². The number of hydrogen-bond acceptors (Lipinski definition) is 4. The van der Waals surface area contributed by atoms with Gasteiger partial charge in [0.1, 0.15) is 5.82 Å². The molecule has 1 amide bonds. The molecule has 30 heavy (non-hydrogen) atoms. The van der Waals surface area contributed by atoms with Crippen LogP contribution in [0.2, 0.25) is 0 Å². The molecule has 4 rings (SSSR count). The lowest BCUT2D eigenvalue weighted by molar-refractivity contribution is 0.102. The number of piperidine rings is 1. The van der Waals surface area contributed by atoms with E-state index in [1.807, 2.05) is 6.07 Å². The highest BCUT2D eigenvalue weighted by atomic mass is 79.9. The van der Waals surface area contributed by atoms with Crippen LogP contribution >= 0.6 is 15.9 Å². The highest BCUT2D eigenvalue weighted by Crippen LogP contribution is 2.25. The smallest absolute Gasteiger partial charge is 0.276 e. The standard InChI is InChI=1S/C23H22BrFN4O/c24-18-6-7-20(19(25)15-18)26-23(30)21-8-9-22(28-27-21)29-12-10-17(11-13-29)14-16-4-2-1-3-5-16/h1-9,15,17H,10-14H2,(H,26,30). The summed E-state index contributed by atoms with van der Waals surface area (Å²) in [5, 5.41) is 10.8. The lowest BCUT2D eigenvalue weighted by atomic mass is 9.90. The van der Waals surface area contributed by atoms with Crippen LogP contribution in [0.4, 0.5) is 15.9 Å². The van der Waals surface area contributed by atoms with Crippen LogP contribution in [0.1, 0.15) is 28.9 Å². The largest absolute Gasteiger partial charge is 0.355 e. The third kappa shape index (κ3) is 5.02. The van der Waals surface area contributed by atoms with Crippen molar-refractivity contribution in [3.63, 3.8) is 0 Å². The Morgan fingerprint density at radius 3 is 2.50 bits per heavy atom. The zero-order valence-corrected chi connectivity index (χ0v) is 18.0. The van der Waals surface area contributed by atoms with Crippen LogP contribution in [-0.2, 0) is 6.42 Å². The lowest BCUT2D eigenvalue weighted by Crippen LogP contribution is -2.35. The highest BCUT2D eigenvalue weighted by Gasteiger charge is 2.21. The highest BCUT2D eigenvalue weighted by molar-refractivity contribution is 9.10. The SMILES string of the molecule is O=C(Nc1ccc(Br)cc1F)c1ccc(N2CCC(Cc3ccccc3)CC2)nn1. The van der Waals surface area contributed by atoms with Gasteiger partial charge in [-0.3, -0.25) is 4.79 Å². The van der Waals surface area contributed by atoms with Gasteiger partial charge in [0.2, 0.25) is 0 Å². The van der Waals surface area contributed by atoms with E-state index >= 15 is 0 Å². The van der Waals surface area contributed by atoms with Crippen molar-refractivity contribution in [3.05, 3.63) is 82.2 Å². The lowest BCUT2D eigenvalue weighted by Gasteiger charge is -2.32. The maximum absolute atomic E-state index is 13.9. The molecule has 0 saturated carbocycles. The second kappa shape index (κ2) is 9.34. The van der Waals surface area contributed by atoms with E-state index in [1.54, 1.807) is 18.2 Å². The van der Waals surface area contributed by atoms with Crippen molar-refractivity contribution in [1.29, 1.82) is 0 Å². The number of carbonyl (C=O) groups is 1. The zero-order chi connectivity index (χ0) is 20.9. The fraction of sp³-hybridized carbons (Fsp3) is 0.261. The minimum Gasteiger partial charge on any atom is -0.355 e. The molecule has 0 radical (unpaired) electrons. The molecular weight excluding hydrogens is 447 g/mol. The molecule has 2 heterocycles. The van der Waals surface area contributed by atoms with E-state index in [0.717, 1.165) is 38.2 Å². The van der Waals surface area contributed by atoms with Gasteiger partial charge in [-0.2, -0.15) is 0 Å². The molecule has 1 aliphatic heterocycles. The minimum absolute atomic E-state index is 0.106. The first-order valence-corrected chi connectivity index (χ1v) is 10.8. The van der Waals surface area contributed by atoms with Crippen molar-refractivity contribution in [1.82, 2.24) is 10.2 Å². The van der Waals surface area contributed by atoms with E-state index in [-0.39, 0.29) is 11.4 Å². The third-order valence-corrected chi connectivity index (χ3v) is 5.86. The quantitative estimate of drug-likeness (QED) is 0.566. The fourth-order valence-corrected chi connectivity index (χ4v) is 4.04. The first-order chi connectivity index (χ1) is 14.6. The summed E-state index contributed by atoms with van der Waals surface area (Å²) in [6, 6.07) is 18.5. The van der Waals surface area contributed by atoms with Gasteiger partial charge in [-0.1, -0.05) is 46.3 Å². The van der Waals surface area contributed by atoms with E-state index in [4.69, 9.17) is 0 Å². The van der Waals surface area contributed by atoms with Gasteiger partial charge >= 0.3 is 0 Å². The molecule has 3 aromatic rings. The predicted molar refractivity (Wildman–Crippen MR) is 119 cm³/mol. The number of halogens is 2. The average molecular weight is 469 g/mol. The summed E-state index contributed by atoms with van der Waals surface area (Å²) < 4.78 is 14.5. The summed E-state index contributed by atoms with van der Waals surface area (Å²) in [5.74, 6) is 0.430. The second-order valence-corrected chi connectivity index (χ2v) is 8.39. The van der Waals surface area contributed by atoms with Crippen molar-refractivity contribution in [2.45, 2.75) is 19.3 Å². The Morgan fingerprint density at radius 1 is 1.07 bits per heavy atom. The Bertz CT molecular complexity index is 1010. The van der Waals surface area contributed by atoms with Crippen molar-refractivity contribution < 1.29 is 9.18 Å². The molecule has 1 saturated heterocycles. The molecule has 1 fully saturated rings. The number of nitrogens with zero attached hydrogens (tertiary/aromatic N) is 3. The van der Waals surface area contributed by atoms with Crippen LogP contribution in [0.15, 0.2) is 65.1 Å². The number of hydrogen-bond donors (Lipinski definition) is 1. The summed E-state index contributed by atoms with van der Waals surface area (Å²) in [5.41, 5.74) is 1.64. The van der Waals surface area contributed by atoms with Gasteiger partial charge < -0.3 is 10.2 Å². The number of amides is 1. The normalized spacial score (nSPS) is 14.5. The molecular formula is C23H22BrFN4O. The topological polar surface area (TPSA) is 58.1 Å². The van der Waals surface area contributed by atoms with Crippen LogP contribution in [-0.4, -0.2) is 29.2 Å². The predicted octanol–water partition coefficient (Wildman–Crippen LogP) is 5.09. The number of aromatic nitrogens is 2. The van der Waals surface area contributed by atoms with Crippen molar-refractivity contribution in [3.8, 4) is 0 Å².